The molecule has 0 bridgehead atoms. The number of hydrogen-bond donors (Lipinski definition) is 3. The van der Waals surface area contributed by atoms with Crippen molar-refractivity contribution in [3.8, 4) is 0 Å². The Bertz CT molecular complexity index is 702. The molecular weight excluding hydrogens is 300 g/mol. The fourth-order valence-electron chi connectivity index (χ4n) is 3.27. The van der Waals surface area contributed by atoms with Crippen LogP contribution < -0.4 is 10.6 Å². The summed E-state index contributed by atoms with van der Waals surface area (Å²) in [4.78, 5) is 13.0. The van der Waals surface area contributed by atoms with Crippen LogP contribution in [0.5, 0.6) is 0 Å². The van der Waals surface area contributed by atoms with Crippen LogP contribution >= 0.6 is 0 Å². The molecule has 0 saturated heterocycles. The Balaban J connectivity index is 1.78. The van der Waals surface area contributed by atoms with E-state index in [9.17, 15) is 9.90 Å². The van der Waals surface area contributed by atoms with Crippen molar-refractivity contribution < 1.29 is 9.90 Å². The molecule has 3 rings (SSSR count). The zero-order valence-electron chi connectivity index (χ0n) is 14.0. The van der Waals surface area contributed by atoms with Gasteiger partial charge < -0.3 is 15.7 Å². The fourth-order valence-corrected chi connectivity index (χ4v) is 3.27. The van der Waals surface area contributed by atoms with E-state index < -0.39 is 5.41 Å². The molecule has 4 heteroatoms. The lowest BCUT2D eigenvalue weighted by molar-refractivity contribution is -0.131. The normalized spacial score (nSPS) is 21.1. The minimum atomic E-state index is -0.498. The van der Waals surface area contributed by atoms with Gasteiger partial charge in [0.15, 0.2) is 0 Å². The van der Waals surface area contributed by atoms with Crippen LogP contribution in [-0.2, 0) is 11.2 Å². The van der Waals surface area contributed by atoms with Gasteiger partial charge in [-0.1, -0.05) is 55.5 Å². The van der Waals surface area contributed by atoms with Crippen LogP contribution in [0.4, 0.5) is 5.69 Å². The molecule has 2 aromatic carbocycles. The number of carbonyl (C=O) groups excluding carboxylic acids is 1. The molecular formula is C20H24N2O2. The Morgan fingerprint density at radius 1 is 1.21 bits per heavy atom. The first-order chi connectivity index (χ1) is 11.6. The highest BCUT2D eigenvalue weighted by molar-refractivity contribution is 5.83. The van der Waals surface area contributed by atoms with Crippen LogP contribution in [0.3, 0.4) is 0 Å². The number of aliphatic hydroxyl groups is 1. The van der Waals surface area contributed by atoms with Gasteiger partial charge in [0, 0.05) is 12.2 Å². The zero-order valence-corrected chi connectivity index (χ0v) is 14.0. The van der Waals surface area contributed by atoms with E-state index in [1.54, 1.807) is 0 Å². The summed E-state index contributed by atoms with van der Waals surface area (Å²) >= 11 is 0. The molecule has 0 fully saturated rings. The van der Waals surface area contributed by atoms with Gasteiger partial charge in [0.05, 0.1) is 18.1 Å². The van der Waals surface area contributed by atoms with Gasteiger partial charge >= 0.3 is 0 Å². The molecule has 1 aliphatic rings. The van der Waals surface area contributed by atoms with Crippen molar-refractivity contribution in [1.82, 2.24) is 5.32 Å². The van der Waals surface area contributed by atoms with Crippen molar-refractivity contribution in [1.29, 1.82) is 0 Å². The highest BCUT2D eigenvalue weighted by Gasteiger charge is 2.36. The molecule has 24 heavy (non-hydrogen) atoms. The van der Waals surface area contributed by atoms with E-state index in [1.807, 2.05) is 49.4 Å². The maximum Gasteiger partial charge on any atom is 0.226 e. The second kappa shape index (κ2) is 7.05. The van der Waals surface area contributed by atoms with Gasteiger partial charge in [0.25, 0.3) is 0 Å². The van der Waals surface area contributed by atoms with Crippen LogP contribution in [0.2, 0.25) is 0 Å². The number of carbonyl (C=O) groups is 1. The van der Waals surface area contributed by atoms with Crippen LogP contribution in [-0.4, -0.2) is 24.2 Å². The average molecular weight is 324 g/mol. The first kappa shape index (κ1) is 16.5. The predicted molar refractivity (Wildman–Crippen MR) is 95.8 cm³/mol. The average Bonchev–Trinajstić information content (AvgIpc) is 2.79. The van der Waals surface area contributed by atoms with Crippen LogP contribution in [0, 0.1) is 5.41 Å². The third kappa shape index (κ3) is 3.44. The summed E-state index contributed by atoms with van der Waals surface area (Å²) < 4.78 is 0. The smallest absolute Gasteiger partial charge is 0.226 e. The maximum atomic E-state index is 13.0. The Morgan fingerprint density at radius 3 is 2.67 bits per heavy atom. The maximum absolute atomic E-state index is 13.0. The highest BCUT2D eigenvalue weighted by atomic mass is 16.3. The number of para-hydroxylation sites is 1. The summed E-state index contributed by atoms with van der Waals surface area (Å²) in [6.07, 6.45) is 1.44. The molecule has 3 N–H and O–H groups in total. The van der Waals surface area contributed by atoms with E-state index in [1.165, 1.54) is 0 Å². The summed E-state index contributed by atoms with van der Waals surface area (Å²) in [5.41, 5.74) is 2.69. The van der Waals surface area contributed by atoms with Gasteiger partial charge in [-0.3, -0.25) is 4.79 Å². The van der Waals surface area contributed by atoms with Gasteiger partial charge in [-0.05, 0) is 30.0 Å². The standard InChI is InChI=1S/C20H24N2O2/c1-20(11-12-21-17-10-6-5-9-16(17)13-20)19(24)22-18(14-23)15-7-3-2-4-8-15/h2-10,18,21,23H,11-14H2,1H3,(H,22,24)/t18-,20?/m0/s1. The zero-order chi connectivity index (χ0) is 17.0. The van der Waals surface area contributed by atoms with Crippen molar-refractivity contribution in [2.24, 2.45) is 5.41 Å². The summed E-state index contributed by atoms with van der Waals surface area (Å²) in [7, 11) is 0. The van der Waals surface area contributed by atoms with Gasteiger partial charge in [-0.25, -0.2) is 0 Å². The number of anilines is 1. The summed E-state index contributed by atoms with van der Waals surface area (Å²) in [5, 5.41) is 16.1. The van der Waals surface area contributed by atoms with E-state index in [4.69, 9.17) is 0 Å². The van der Waals surface area contributed by atoms with Crippen molar-refractivity contribution >= 4 is 11.6 Å². The lowest BCUT2D eigenvalue weighted by atomic mass is 9.80. The topological polar surface area (TPSA) is 61.4 Å². The van der Waals surface area contributed by atoms with E-state index >= 15 is 0 Å². The highest BCUT2D eigenvalue weighted by Crippen LogP contribution is 2.34. The minimum Gasteiger partial charge on any atom is -0.394 e. The quantitative estimate of drug-likeness (QED) is 0.810. The van der Waals surface area contributed by atoms with E-state index in [0.29, 0.717) is 6.42 Å². The van der Waals surface area contributed by atoms with Crippen LogP contribution in [0.1, 0.15) is 30.5 Å². The molecule has 0 saturated carbocycles. The molecule has 0 radical (unpaired) electrons. The third-order valence-corrected chi connectivity index (χ3v) is 4.83. The van der Waals surface area contributed by atoms with Crippen molar-refractivity contribution in [2.75, 3.05) is 18.5 Å². The molecule has 0 aromatic heterocycles. The molecule has 1 aliphatic heterocycles. The lowest BCUT2D eigenvalue weighted by Crippen LogP contribution is -2.43. The number of amides is 1. The third-order valence-electron chi connectivity index (χ3n) is 4.83. The van der Waals surface area contributed by atoms with Crippen LogP contribution in [0.15, 0.2) is 54.6 Å². The molecule has 4 nitrogen and oxygen atoms in total. The van der Waals surface area contributed by atoms with E-state index in [2.05, 4.69) is 22.8 Å². The SMILES string of the molecule is CC1(C(=O)N[C@@H](CO)c2ccccc2)CCNc2ccccc2C1. The van der Waals surface area contributed by atoms with E-state index in [-0.39, 0.29) is 18.6 Å². The van der Waals surface area contributed by atoms with Gasteiger partial charge in [0.2, 0.25) is 5.91 Å². The molecule has 0 aliphatic carbocycles. The summed E-state index contributed by atoms with van der Waals surface area (Å²) in [6.45, 7) is 2.66. The monoisotopic (exact) mass is 324 g/mol. The second-order valence-corrected chi connectivity index (χ2v) is 6.69. The molecule has 1 heterocycles. The van der Waals surface area contributed by atoms with Gasteiger partial charge in [0.1, 0.15) is 0 Å². The van der Waals surface area contributed by atoms with Gasteiger partial charge in [-0.15, -0.1) is 0 Å². The van der Waals surface area contributed by atoms with Crippen molar-refractivity contribution in [2.45, 2.75) is 25.8 Å². The van der Waals surface area contributed by atoms with Crippen molar-refractivity contribution in [3.05, 3.63) is 65.7 Å². The van der Waals surface area contributed by atoms with E-state index in [0.717, 1.165) is 29.8 Å². The number of hydrogen-bond acceptors (Lipinski definition) is 3. The first-order valence-electron chi connectivity index (χ1n) is 8.41. The Hall–Kier alpha value is -2.33. The minimum absolute atomic E-state index is 0.0103. The summed E-state index contributed by atoms with van der Waals surface area (Å²) in [6, 6.07) is 17.4. The van der Waals surface area contributed by atoms with Gasteiger partial charge in [-0.2, -0.15) is 0 Å². The molecule has 2 aromatic rings. The Kier molecular flexibility index (Phi) is 4.86. The van der Waals surface area contributed by atoms with Crippen LogP contribution in [0.25, 0.3) is 0 Å². The number of fused-ring (bicyclic) bond motifs is 1. The number of benzene rings is 2. The molecule has 126 valence electrons. The number of rotatable bonds is 4. The number of nitrogens with one attached hydrogen (secondary N) is 2. The first-order valence-corrected chi connectivity index (χ1v) is 8.41. The number of aliphatic hydroxyl groups excluding tert-OH is 1. The molecule has 0 spiro atoms. The largest absolute Gasteiger partial charge is 0.394 e. The lowest BCUT2D eigenvalue weighted by Gasteiger charge is -2.29. The summed E-state index contributed by atoms with van der Waals surface area (Å²) in [5.74, 6) is -0.0103. The predicted octanol–water partition coefficient (Wildman–Crippen LogP) is 2.90. The van der Waals surface area contributed by atoms with Crippen molar-refractivity contribution in [3.63, 3.8) is 0 Å². The Morgan fingerprint density at radius 2 is 1.92 bits per heavy atom. The molecule has 1 amide bonds. The second-order valence-electron chi connectivity index (χ2n) is 6.69. The Labute approximate surface area is 142 Å². The fraction of sp³-hybridized carbons (Fsp3) is 0.350. The molecule has 1 unspecified atom stereocenters. The molecule has 2 atom stereocenters.